The van der Waals surface area contributed by atoms with Crippen molar-refractivity contribution < 1.29 is 0 Å². The van der Waals surface area contributed by atoms with Gasteiger partial charge in [0.05, 0.1) is 16.8 Å². The Morgan fingerprint density at radius 2 is 1.08 bits per heavy atom. The third-order valence-electron chi connectivity index (χ3n) is 8.00. The highest BCUT2D eigenvalue weighted by Crippen LogP contribution is 2.61. The highest BCUT2D eigenvalue weighted by atomic mass is 15.2. The van der Waals surface area contributed by atoms with E-state index in [2.05, 4.69) is 152 Å². The lowest BCUT2D eigenvalue weighted by atomic mass is 9.60. The number of nitrogens with zero attached hydrogens (tertiary/aromatic N) is 1. The van der Waals surface area contributed by atoms with Gasteiger partial charge in [0.15, 0.2) is 0 Å². The molecule has 5 aromatic rings. The Kier molecular flexibility index (Phi) is 4.65. The first-order valence-corrected chi connectivity index (χ1v) is 13.1. The molecular weight excluding hydrogens is 448 g/mol. The Labute approximate surface area is 219 Å². The van der Waals surface area contributed by atoms with E-state index in [1.807, 2.05) is 0 Å². The molecule has 7 rings (SSSR count). The minimum absolute atomic E-state index is 0.0387. The van der Waals surface area contributed by atoms with Crippen LogP contribution in [0, 0.1) is 0 Å². The van der Waals surface area contributed by atoms with Crippen molar-refractivity contribution >= 4 is 28.4 Å². The molecule has 0 aromatic heterocycles. The molecule has 0 atom stereocenters. The summed E-state index contributed by atoms with van der Waals surface area (Å²) in [5.41, 5.74) is 12.1. The molecule has 0 unspecified atom stereocenters. The fourth-order valence-electron chi connectivity index (χ4n) is 6.32. The van der Waals surface area contributed by atoms with Crippen molar-refractivity contribution in [2.75, 3.05) is 10.2 Å². The molecule has 2 aliphatic heterocycles. The maximum absolute atomic E-state index is 3.78. The number of anilines is 5. The van der Waals surface area contributed by atoms with E-state index >= 15 is 0 Å². The van der Waals surface area contributed by atoms with Gasteiger partial charge in [-0.05, 0) is 69.6 Å². The molecule has 2 heterocycles. The molecule has 2 heteroatoms. The Morgan fingerprint density at radius 1 is 0.541 bits per heavy atom. The number of hydrogen-bond donors (Lipinski definition) is 1. The van der Waals surface area contributed by atoms with Crippen LogP contribution in [0.25, 0.3) is 0 Å². The zero-order valence-electron chi connectivity index (χ0n) is 21.5. The van der Waals surface area contributed by atoms with Crippen molar-refractivity contribution in [2.45, 2.75) is 31.6 Å². The lowest BCUT2D eigenvalue weighted by Gasteiger charge is -2.49. The minimum Gasteiger partial charge on any atom is -0.355 e. The molecular formula is C35H30N2. The van der Waals surface area contributed by atoms with E-state index in [0.29, 0.717) is 0 Å². The molecule has 1 N–H and O–H groups in total. The van der Waals surface area contributed by atoms with Crippen molar-refractivity contribution in [3.63, 3.8) is 0 Å². The van der Waals surface area contributed by atoms with E-state index in [9.17, 15) is 0 Å². The highest BCUT2D eigenvalue weighted by Gasteiger charge is 2.50. The van der Waals surface area contributed by atoms with Crippen LogP contribution in [-0.2, 0) is 10.8 Å². The van der Waals surface area contributed by atoms with Crippen molar-refractivity contribution in [1.82, 2.24) is 0 Å². The molecule has 0 amide bonds. The van der Waals surface area contributed by atoms with Crippen molar-refractivity contribution in [3.05, 3.63) is 149 Å². The van der Waals surface area contributed by atoms with E-state index in [1.54, 1.807) is 0 Å². The number of nitrogens with one attached hydrogen (secondary N) is 1. The second-order valence-electron chi connectivity index (χ2n) is 11.1. The lowest BCUT2D eigenvalue weighted by molar-refractivity contribution is 0.587. The van der Waals surface area contributed by atoms with Crippen LogP contribution in [-0.4, -0.2) is 0 Å². The third-order valence-corrected chi connectivity index (χ3v) is 8.00. The summed E-state index contributed by atoms with van der Waals surface area (Å²) >= 11 is 0. The van der Waals surface area contributed by atoms with Crippen molar-refractivity contribution in [1.29, 1.82) is 0 Å². The first-order chi connectivity index (χ1) is 18.0. The van der Waals surface area contributed by atoms with E-state index in [0.717, 1.165) is 5.69 Å². The summed E-state index contributed by atoms with van der Waals surface area (Å²) in [7, 11) is 0. The molecule has 1 spiro atoms. The minimum atomic E-state index is -0.448. The van der Waals surface area contributed by atoms with Crippen LogP contribution in [0.4, 0.5) is 28.4 Å². The monoisotopic (exact) mass is 478 g/mol. The Hall–Kier alpha value is -4.30. The van der Waals surface area contributed by atoms with Gasteiger partial charge in [-0.15, -0.1) is 0 Å². The quantitative estimate of drug-likeness (QED) is 0.253. The van der Waals surface area contributed by atoms with Crippen molar-refractivity contribution in [2.24, 2.45) is 0 Å². The molecule has 0 fully saturated rings. The van der Waals surface area contributed by atoms with Gasteiger partial charge >= 0.3 is 0 Å². The van der Waals surface area contributed by atoms with Gasteiger partial charge in [0.25, 0.3) is 0 Å². The molecule has 0 bridgehead atoms. The maximum atomic E-state index is 3.78. The van der Waals surface area contributed by atoms with Gasteiger partial charge in [-0.1, -0.05) is 106 Å². The molecule has 0 radical (unpaired) electrons. The average Bonchev–Trinajstić information content (AvgIpc) is 2.93. The largest absolute Gasteiger partial charge is 0.355 e. The lowest BCUT2D eigenvalue weighted by Crippen LogP contribution is -2.40. The SMILES string of the molecule is CC(C)(C)c1ccc2c(c1)C1(c3ccccc3N2)c2ccccc2N(c2ccccc2)c2ccccc21. The topological polar surface area (TPSA) is 15.3 Å². The van der Waals surface area contributed by atoms with Crippen molar-refractivity contribution in [3.8, 4) is 0 Å². The van der Waals surface area contributed by atoms with E-state index in [1.165, 1.54) is 50.6 Å². The maximum Gasteiger partial charge on any atom is 0.0782 e. The summed E-state index contributed by atoms with van der Waals surface area (Å²) in [4.78, 5) is 2.42. The molecule has 37 heavy (non-hydrogen) atoms. The molecule has 2 aliphatic rings. The van der Waals surface area contributed by atoms with Gasteiger partial charge < -0.3 is 10.2 Å². The van der Waals surface area contributed by atoms with Crippen LogP contribution in [0.15, 0.2) is 121 Å². The van der Waals surface area contributed by atoms with E-state index in [4.69, 9.17) is 0 Å². The zero-order chi connectivity index (χ0) is 25.2. The van der Waals surface area contributed by atoms with Crippen LogP contribution < -0.4 is 10.2 Å². The summed E-state index contributed by atoms with van der Waals surface area (Å²) in [6.07, 6.45) is 0. The Bertz CT molecular complexity index is 1590. The molecule has 0 saturated carbocycles. The fraction of sp³-hybridized carbons (Fsp3) is 0.143. The zero-order valence-corrected chi connectivity index (χ0v) is 21.5. The van der Waals surface area contributed by atoms with Gasteiger partial charge in [-0.25, -0.2) is 0 Å². The summed E-state index contributed by atoms with van der Waals surface area (Å²) in [6, 6.07) is 44.5. The normalized spacial score (nSPS) is 14.7. The number of benzene rings is 5. The fourth-order valence-corrected chi connectivity index (χ4v) is 6.32. The summed E-state index contributed by atoms with van der Waals surface area (Å²) < 4.78 is 0. The van der Waals surface area contributed by atoms with Gasteiger partial charge in [-0.3, -0.25) is 0 Å². The number of para-hydroxylation sites is 4. The van der Waals surface area contributed by atoms with E-state index in [-0.39, 0.29) is 5.41 Å². The average molecular weight is 479 g/mol. The highest BCUT2D eigenvalue weighted by molar-refractivity contribution is 5.93. The van der Waals surface area contributed by atoms with Crippen LogP contribution in [0.3, 0.4) is 0 Å². The van der Waals surface area contributed by atoms with Crippen LogP contribution in [0.2, 0.25) is 0 Å². The molecule has 180 valence electrons. The standard InChI is InChI=1S/C35H30N2/c1-34(2,3)24-21-22-31-29(23-24)35(26-15-7-10-18-30(26)36-31)27-16-8-11-19-32(27)37(25-13-5-4-6-14-25)33-20-12-9-17-28(33)35/h4-23,36H,1-3H3. The Balaban J connectivity index is 1.66. The van der Waals surface area contributed by atoms with Crippen LogP contribution >= 0.6 is 0 Å². The summed E-state index contributed by atoms with van der Waals surface area (Å²) in [6.45, 7) is 6.89. The van der Waals surface area contributed by atoms with Gasteiger partial charge in [0.1, 0.15) is 0 Å². The van der Waals surface area contributed by atoms with E-state index < -0.39 is 5.41 Å². The number of rotatable bonds is 1. The molecule has 2 nitrogen and oxygen atoms in total. The Morgan fingerprint density at radius 3 is 1.73 bits per heavy atom. The summed E-state index contributed by atoms with van der Waals surface area (Å²) in [5.74, 6) is 0. The second kappa shape index (κ2) is 7.85. The number of hydrogen-bond acceptors (Lipinski definition) is 2. The third kappa shape index (κ3) is 3.05. The predicted octanol–water partition coefficient (Wildman–Crippen LogP) is 9.21. The second-order valence-corrected chi connectivity index (χ2v) is 11.1. The van der Waals surface area contributed by atoms with Crippen LogP contribution in [0.1, 0.15) is 48.6 Å². The van der Waals surface area contributed by atoms with Gasteiger partial charge in [0, 0.05) is 17.1 Å². The molecule has 5 aromatic carbocycles. The van der Waals surface area contributed by atoms with Crippen LogP contribution in [0.5, 0.6) is 0 Å². The predicted molar refractivity (Wildman–Crippen MR) is 155 cm³/mol. The summed E-state index contributed by atoms with van der Waals surface area (Å²) in [5, 5.41) is 3.78. The number of fused-ring (bicyclic) bond motifs is 8. The smallest absolute Gasteiger partial charge is 0.0782 e. The molecule has 0 aliphatic carbocycles. The first-order valence-electron chi connectivity index (χ1n) is 13.1. The van der Waals surface area contributed by atoms with Gasteiger partial charge in [0.2, 0.25) is 0 Å². The first kappa shape index (κ1) is 21.9. The van der Waals surface area contributed by atoms with Gasteiger partial charge in [-0.2, -0.15) is 0 Å². The molecule has 0 saturated heterocycles.